The normalized spacial score (nSPS) is 16.0. The number of anilines is 1. The Morgan fingerprint density at radius 1 is 1.18 bits per heavy atom. The zero-order valence-electron chi connectivity index (χ0n) is 13.3. The summed E-state index contributed by atoms with van der Waals surface area (Å²) < 4.78 is 10.7. The van der Waals surface area contributed by atoms with Gasteiger partial charge in [-0.1, -0.05) is 0 Å². The van der Waals surface area contributed by atoms with E-state index in [2.05, 4.69) is 15.2 Å². The highest BCUT2D eigenvalue weighted by Gasteiger charge is 2.20. The summed E-state index contributed by atoms with van der Waals surface area (Å²) >= 11 is 0. The van der Waals surface area contributed by atoms with Gasteiger partial charge in [-0.25, -0.2) is 0 Å². The van der Waals surface area contributed by atoms with Crippen LogP contribution in [0.4, 0.5) is 5.69 Å². The Bertz CT molecular complexity index is 480. The molecule has 1 fully saturated rings. The number of methoxy groups -OCH3 is 2. The van der Waals surface area contributed by atoms with Crippen LogP contribution in [0, 0.1) is 0 Å². The molecule has 6 nitrogen and oxygen atoms in total. The van der Waals surface area contributed by atoms with Crippen molar-refractivity contribution in [3.05, 3.63) is 18.2 Å². The molecule has 0 atom stereocenters. The van der Waals surface area contributed by atoms with Gasteiger partial charge in [-0.2, -0.15) is 0 Å². The summed E-state index contributed by atoms with van der Waals surface area (Å²) in [5.74, 6) is 2.13. The van der Waals surface area contributed by atoms with Crippen LogP contribution in [0.15, 0.2) is 23.2 Å². The number of hydrogen-bond donors (Lipinski definition) is 2. The summed E-state index contributed by atoms with van der Waals surface area (Å²) in [6.45, 7) is 1.93. The lowest BCUT2D eigenvalue weighted by atomic mass is 10.0. The van der Waals surface area contributed by atoms with E-state index in [1.807, 2.05) is 18.2 Å². The molecule has 0 unspecified atom stereocenters. The lowest BCUT2D eigenvalue weighted by Gasteiger charge is -2.34. The van der Waals surface area contributed by atoms with E-state index < -0.39 is 0 Å². The summed E-state index contributed by atoms with van der Waals surface area (Å²) in [6, 6.07) is 6.35. The largest absolute Gasteiger partial charge is 0.497 e. The number of benzene rings is 1. The molecule has 1 heterocycles. The molecule has 22 heavy (non-hydrogen) atoms. The van der Waals surface area contributed by atoms with E-state index in [9.17, 15) is 0 Å². The first-order chi connectivity index (χ1) is 10.2. The first-order valence-corrected chi connectivity index (χ1v) is 7.13. The van der Waals surface area contributed by atoms with E-state index >= 15 is 0 Å². The van der Waals surface area contributed by atoms with E-state index in [4.69, 9.17) is 15.2 Å². The molecule has 1 aliphatic heterocycles. The van der Waals surface area contributed by atoms with E-state index in [-0.39, 0.29) is 24.0 Å². The minimum atomic E-state index is 0. The maximum absolute atomic E-state index is 5.72. The van der Waals surface area contributed by atoms with Gasteiger partial charge in [0, 0.05) is 50.1 Å². The summed E-state index contributed by atoms with van der Waals surface area (Å²) in [6.07, 6.45) is 2.05. The number of piperidine rings is 1. The molecular formula is C15H25IN4O2. The third-order valence-electron chi connectivity index (χ3n) is 3.79. The van der Waals surface area contributed by atoms with Crippen LogP contribution >= 0.6 is 24.0 Å². The first-order valence-electron chi connectivity index (χ1n) is 7.13. The van der Waals surface area contributed by atoms with Crippen molar-refractivity contribution in [1.82, 2.24) is 5.32 Å². The second-order valence-electron chi connectivity index (χ2n) is 5.09. The van der Waals surface area contributed by atoms with Gasteiger partial charge in [0.2, 0.25) is 0 Å². The van der Waals surface area contributed by atoms with E-state index in [1.165, 1.54) is 0 Å². The van der Waals surface area contributed by atoms with Gasteiger partial charge >= 0.3 is 0 Å². The average Bonchev–Trinajstić information content (AvgIpc) is 2.54. The maximum Gasteiger partial charge on any atom is 0.188 e. The molecule has 124 valence electrons. The predicted octanol–water partition coefficient (Wildman–Crippen LogP) is 1.82. The van der Waals surface area contributed by atoms with Crippen LogP contribution in [0.25, 0.3) is 0 Å². The molecule has 0 saturated carbocycles. The Morgan fingerprint density at radius 3 is 2.18 bits per heavy atom. The van der Waals surface area contributed by atoms with Gasteiger partial charge in [-0.3, -0.25) is 4.99 Å². The Labute approximate surface area is 149 Å². The Morgan fingerprint density at radius 2 is 1.73 bits per heavy atom. The van der Waals surface area contributed by atoms with Crippen LogP contribution in [0.5, 0.6) is 11.5 Å². The second-order valence-corrected chi connectivity index (χ2v) is 5.09. The molecule has 1 saturated heterocycles. The number of nitrogens with two attached hydrogens (primary N) is 1. The number of ether oxygens (including phenoxy) is 2. The Kier molecular flexibility index (Phi) is 7.57. The summed E-state index contributed by atoms with van der Waals surface area (Å²) in [5.41, 5.74) is 6.84. The van der Waals surface area contributed by atoms with Gasteiger partial charge in [0.15, 0.2) is 5.96 Å². The molecule has 0 amide bonds. The van der Waals surface area contributed by atoms with Gasteiger partial charge in [0.05, 0.1) is 14.2 Å². The second kappa shape index (κ2) is 8.92. The van der Waals surface area contributed by atoms with Crippen LogP contribution in [0.1, 0.15) is 12.8 Å². The van der Waals surface area contributed by atoms with Crippen molar-refractivity contribution in [1.29, 1.82) is 0 Å². The van der Waals surface area contributed by atoms with Gasteiger partial charge in [0.1, 0.15) is 11.5 Å². The fraction of sp³-hybridized carbons (Fsp3) is 0.533. The topological polar surface area (TPSA) is 72.1 Å². The third kappa shape index (κ3) is 4.82. The van der Waals surface area contributed by atoms with Crippen LogP contribution in [0.3, 0.4) is 0 Å². The number of nitrogens with zero attached hydrogens (tertiary/aromatic N) is 2. The molecule has 0 aliphatic carbocycles. The molecule has 3 N–H and O–H groups in total. The lowest BCUT2D eigenvalue weighted by molar-refractivity contribution is 0.393. The van der Waals surface area contributed by atoms with Crippen molar-refractivity contribution < 1.29 is 9.47 Å². The van der Waals surface area contributed by atoms with Gasteiger partial charge in [-0.05, 0) is 12.8 Å². The highest BCUT2D eigenvalue weighted by Crippen LogP contribution is 2.30. The maximum atomic E-state index is 5.72. The molecule has 1 aliphatic rings. The third-order valence-corrected chi connectivity index (χ3v) is 3.79. The summed E-state index contributed by atoms with van der Waals surface area (Å²) in [4.78, 5) is 6.28. The molecule has 1 aromatic rings. The number of guanidine groups is 1. The van der Waals surface area contributed by atoms with Crippen LogP contribution in [-0.2, 0) is 0 Å². The zero-order chi connectivity index (χ0) is 15.2. The summed E-state index contributed by atoms with van der Waals surface area (Å²) in [5, 5.41) is 3.24. The van der Waals surface area contributed by atoms with Crippen molar-refractivity contribution in [2.75, 3.05) is 39.3 Å². The fourth-order valence-electron chi connectivity index (χ4n) is 2.53. The van der Waals surface area contributed by atoms with Crippen LogP contribution in [0.2, 0.25) is 0 Å². The van der Waals surface area contributed by atoms with Crippen molar-refractivity contribution in [2.45, 2.75) is 18.9 Å². The molecule has 0 radical (unpaired) electrons. The van der Waals surface area contributed by atoms with E-state index in [0.29, 0.717) is 12.0 Å². The fourth-order valence-corrected chi connectivity index (χ4v) is 2.53. The first kappa shape index (κ1) is 18.7. The van der Waals surface area contributed by atoms with Crippen molar-refractivity contribution in [2.24, 2.45) is 10.7 Å². The smallest absolute Gasteiger partial charge is 0.188 e. The Hall–Kier alpha value is -1.38. The molecular weight excluding hydrogens is 395 g/mol. The molecule has 2 rings (SSSR count). The highest BCUT2D eigenvalue weighted by molar-refractivity contribution is 14.0. The Balaban J connectivity index is 0.00000242. The average molecular weight is 420 g/mol. The number of halogens is 1. The molecule has 7 heteroatoms. The van der Waals surface area contributed by atoms with Gasteiger partial charge in [0.25, 0.3) is 0 Å². The SMILES string of the molecule is CN=C(N)NC1CCN(c2cc(OC)cc(OC)c2)CC1.I. The number of aliphatic imine (C=N–C) groups is 1. The van der Waals surface area contributed by atoms with Crippen LogP contribution < -0.4 is 25.4 Å². The van der Waals surface area contributed by atoms with Gasteiger partial charge < -0.3 is 25.4 Å². The number of hydrogen-bond acceptors (Lipinski definition) is 4. The van der Waals surface area contributed by atoms with Crippen molar-refractivity contribution in [3.63, 3.8) is 0 Å². The monoisotopic (exact) mass is 420 g/mol. The van der Waals surface area contributed by atoms with Crippen LogP contribution in [-0.4, -0.2) is 46.4 Å². The van der Waals surface area contributed by atoms with Crippen molar-refractivity contribution >= 4 is 35.6 Å². The standard InChI is InChI=1S/C15H24N4O2.HI/c1-17-15(16)18-11-4-6-19(7-5-11)12-8-13(20-2)10-14(9-12)21-3;/h8-11H,4-7H2,1-3H3,(H3,16,17,18);1H. The minimum absolute atomic E-state index is 0. The number of nitrogens with one attached hydrogen (secondary N) is 1. The van der Waals surface area contributed by atoms with E-state index in [0.717, 1.165) is 43.1 Å². The molecule has 0 spiro atoms. The lowest BCUT2D eigenvalue weighted by Crippen LogP contribution is -2.47. The predicted molar refractivity (Wildman–Crippen MR) is 101 cm³/mol. The van der Waals surface area contributed by atoms with Crippen molar-refractivity contribution in [3.8, 4) is 11.5 Å². The number of rotatable bonds is 4. The quantitative estimate of drug-likeness (QED) is 0.442. The zero-order valence-corrected chi connectivity index (χ0v) is 15.7. The molecule has 1 aromatic carbocycles. The molecule has 0 bridgehead atoms. The molecule has 0 aromatic heterocycles. The summed E-state index contributed by atoms with van der Waals surface area (Å²) in [7, 11) is 5.03. The minimum Gasteiger partial charge on any atom is -0.497 e. The van der Waals surface area contributed by atoms with Gasteiger partial charge in [-0.15, -0.1) is 24.0 Å². The van der Waals surface area contributed by atoms with E-state index in [1.54, 1.807) is 21.3 Å². The highest BCUT2D eigenvalue weighted by atomic mass is 127.